The lowest BCUT2D eigenvalue weighted by Gasteiger charge is -2.16. The van der Waals surface area contributed by atoms with E-state index >= 15 is 0 Å². The first-order chi connectivity index (χ1) is 11.5. The first-order valence-electron chi connectivity index (χ1n) is 7.40. The zero-order chi connectivity index (χ0) is 17.3. The number of quaternary nitrogens is 1. The Balaban J connectivity index is 1.86. The van der Waals surface area contributed by atoms with Crippen molar-refractivity contribution in [1.29, 1.82) is 0 Å². The second kappa shape index (κ2) is 6.89. The monoisotopic (exact) mass is 367 g/mol. The van der Waals surface area contributed by atoms with Gasteiger partial charge in [-0.15, -0.1) is 0 Å². The minimum Gasteiger partial charge on any atom is -0.496 e. The number of benzene rings is 2. The number of fused-ring (bicyclic) bond motifs is 1. The molecule has 0 aliphatic rings. The molecule has 3 rings (SSSR count). The SMILES string of the molecule is COc1ccc(Cl)cc1C[NH+](C)Cn1c(=O)oc2cc(Cl)ccc21. The van der Waals surface area contributed by atoms with E-state index in [-0.39, 0.29) is 0 Å². The van der Waals surface area contributed by atoms with Crippen LogP contribution in [0.25, 0.3) is 11.1 Å². The lowest BCUT2D eigenvalue weighted by atomic mass is 10.2. The molecular formula is C17H17Cl2N2O3+. The Bertz CT molecular complexity index is 933. The number of rotatable bonds is 5. The quantitative estimate of drug-likeness (QED) is 0.753. The molecule has 0 spiro atoms. The summed E-state index contributed by atoms with van der Waals surface area (Å²) in [6.07, 6.45) is 0. The Labute approximate surface area is 148 Å². The molecule has 0 bridgehead atoms. The van der Waals surface area contributed by atoms with Gasteiger partial charge in [0, 0.05) is 21.7 Å². The molecule has 1 unspecified atom stereocenters. The van der Waals surface area contributed by atoms with E-state index in [1.807, 2.05) is 19.2 Å². The average molecular weight is 368 g/mol. The number of ether oxygens (including phenoxy) is 1. The summed E-state index contributed by atoms with van der Waals surface area (Å²) in [4.78, 5) is 13.2. The molecule has 0 saturated heterocycles. The van der Waals surface area contributed by atoms with E-state index in [1.165, 1.54) is 0 Å². The van der Waals surface area contributed by atoms with Gasteiger partial charge in [-0.05, 0) is 30.3 Å². The van der Waals surface area contributed by atoms with Crippen LogP contribution in [0.5, 0.6) is 5.75 Å². The van der Waals surface area contributed by atoms with Crippen molar-refractivity contribution in [2.75, 3.05) is 14.2 Å². The lowest BCUT2D eigenvalue weighted by Crippen LogP contribution is -3.07. The topological polar surface area (TPSA) is 48.8 Å². The Morgan fingerprint density at radius 3 is 2.62 bits per heavy atom. The normalized spacial score (nSPS) is 12.5. The first kappa shape index (κ1) is 16.9. The van der Waals surface area contributed by atoms with Crippen LogP contribution in [0.1, 0.15) is 5.56 Å². The highest BCUT2D eigenvalue weighted by Gasteiger charge is 2.15. The van der Waals surface area contributed by atoms with Gasteiger partial charge in [0.25, 0.3) is 0 Å². The maximum Gasteiger partial charge on any atom is 0.424 e. The van der Waals surface area contributed by atoms with E-state index in [9.17, 15) is 4.79 Å². The van der Waals surface area contributed by atoms with E-state index in [2.05, 4.69) is 0 Å². The molecule has 3 aromatic rings. The number of aromatic nitrogens is 1. The molecule has 5 nitrogen and oxygen atoms in total. The summed E-state index contributed by atoms with van der Waals surface area (Å²) in [5, 5.41) is 1.19. The second-order valence-electron chi connectivity index (χ2n) is 5.66. The van der Waals surface area contributed by atoms with Crippen LogP contribution in [-0.2, 0) is 13.2 Å². The molecule has 1 N–H and O–H groups in total. The van der Waals surface area contributed by atoms with E-state index in [0.717, 1.165) is 21.7 Å². The van der Waals surface area contributed by atoms with Crippen molar-refractivity contribution in [2.24, 2.45) is 0 Å². The zero-order valence-corrected chi connectivity index (χ0v) is 14.8. The van der Waals surface area contributed by atoms with Crippen molar-refractivity contribution in [3.8, 4) is 5.75 Å². The largest absolute Gasteiger partial charge is 0.496 e. The van der Waals surface area contributed by atoms with Crippen molar-refractivity contribution in [3.05, 3.63) is 62.6 Å². The van der Waals surface area contributed by atoms with Gasteiger partial charge in [-0.3, -0.25) is 0 Å². The van der Waals surface area contributed by atoms with E-state index in [1.54, 1.807) is 35.9 Å². The molecule has 0 fully saturated rings. The molecule has 0 saturated carbocycles. The maximum atomic E-state index is 12.1. The van der Waals surface area contributed by atoms with E-state index in [4.69, 9.17) is 32.4 Å². The summed E-state index contributed by atoms with van der Waals surface area (Å²) in [5.41, 5.74) is 2.19. The minimum atomic E-state index is -0.398. The van der Waals surface area contributed by atoms with Crippen molar-refractivity contribution in [1.82, 2.24) is 4.57 Å². The van der Waals surface area contributed by atoms with E-state index in [0.29, 0.717) is 28.8 Å². The second-order valence-corrected chi connectivity index (χ2v) is 6.53. The van der Waals surface area contributed by atoms with Gasteiger partial charge in [0.15, 0.2) is 12.3 Å². The van der Waals surface area contributed by atoms with Crippen LogP contribution in [-0.4, -0.2) is 18.7 Å². The van der Waals surface area contributed by atoms with Crippen molar-refractivity contribution < 1.29 is 14.1 Å². The molecule has 0 radical (unpaired) electrons. The molecule has 0 aliphatic carbocycles. The summed E-state index contributed by atoms with van der Waals surface area (Å²) in [6, 6.07) is 10.7. The van der Waals surface area contributed by atoms with Gasteiger partial charge >= 0.3 is 5.76 Å². The number of oxazole rings is 1. The zero-order valence-electron chi connectivity index (χ0n) is 13.3. The fourth-order valence-electron chi connectivity index (χ4n) is 2.73. The van der Waals surface area contributed by atoms with Crippen LogP contribution in [0.2, 0.25) is 10.0 Å². The van der Waals surface area contributed by atoms with Crippen molar-refractivity contribution in [3.63, 3.8) is 0 Å². The summed E-state index contributed by atoms with van der Waals surface area (Å²) in [7, 11) is 3.61. The van der Waals surface area contributed by atoms with Gasteiger partial charge in [0.05, 0.1) is 19.7 Å². The van der Waals surface area contributed by atoms with E-state index < -0.39 is 5.76 Å². The summed E-state index contributed by atoms with van der Waals surface area (Å²) < 4.78 is 12.2. The molecule has 126 valence electrons. The van der Waals surface area contributed by atoms with Gasteiger partial charge in [0.1, 0.15) is 12.3 Å². The van der Waals surface area contributed by atoms with Crippen molar-refractivity contribution in [2.45, 2.75) is 13.2 Å². The standard InChI is InChI=1S/C17H16Cl2N2O3/c1-20(9-11-7-12(18)4-6-15(11)23-2)10-21-14-5-3-13(19)8-16(14)24-17(21)22/h3-8H,9-10H2,1-2H3/p+1. The molecule has 1 atom stereocenters. The third-order valence-electron chi connectivity index (χ3n) is 3.79. The number of methoxy groups -OCH3 is 1. The van der Waals surface area contributed by atoms with Gasteiger partial charge in [-0.1, -0.05) is 23.2 Å². The van der Waals surface area contributed by atoms with Crippen molar-refractivity contribution >= 4 is 34.3 Å². The predicted octanol–water partition coefficient (Wildman–Crippen LogP) is 2.58. The Morgan fingerprint density at radius 1 is 1.17 bits per heavy atom. The Kier molecular flexibility index (Phi) is 4.85. The van der Waals surface area contributed by atoms with Crippen LogP contribution in [0.15, 0.2) is 45.6 Å². The summed E-state index contributed by atoms with van der Waals surface area (Å²) in [6.45, 7) is 1.10. The van der Waals surface area contributed by atoms with Crippen LogP contribution >= 0.6 is 23.2 Å². The van der Waals surface area contributed by atoms with Gasteiger partial charge < -0.3 is 14.1 Å². The molecular weight excluding hydrogens is 351 g/mol. The number of hydrogen-bond donors (Lipinski definition) is 1. The smallest absolute Gasteiger partial charge is 0.424 e. The third kappa shape index (κ3) is 3.43. The minimum absolute atomic E-state index is 0.398. The van der Waals surface area contributed by atoms with Gasteiger partial charge in [-0.25, -0.2) is 9.36 Å². The lowest BCUT2D eigenvalue weighted by molar-refractivity contribution is -0.916. The highest BCUT2D eigenvalue weighted by atomic mass is 35.5. The fraction of sp³-hybridized carbons (Fsp3) is 0.235. The molecule has 1 heterocycles. The number of halogens is 2. The van der Waals surface area contributed by atoms with Crippen LogP contribution < -0.4 is 15.4 Å². The van der Waals surface area contributed by atoms with Crippen LogP contribution in [0, 0.1) is 0 Å². The predicted molar refractivity (Wildman–Crippen MR) is 94.1 cm³/mol. The Morgan fingerprint density at radius 2 is 1.88 bits per heavy atom. The van der Waals surface area contributed by atoms with Gasteiger partial charge in [0.2, 0.25) is 0 Å². The third-order valence-corrected chi connectivity index (χ3v) is 4.26. The maximum absolute atomic E-state index is 12.1. The average Bonchev–Trinajstić information content (AvgIpc) is 2.82. The summed E-state index contributed by atoms with van der Waals surface area (Å²) >= 11 is 12.0. The van der Waals surface area contributed by atoms with Crippen LogP contribution in [0.4, 0.5) is 0 Å². The van der Waals surface area contributed by atoms with Crippen LogP contribution in [0.3, 0.4) is 0 Å². The molecule has 24 heavy (non-hydrogen) atoms. The molecule has 7 heteroatoms. The molecule has 2 aromatic carbocycles. The number of nitrogens with one attached hydrogen (secondary N) is 1. The highest BCUT2D eigenvalue weighted by Crippen LogP contribution is 2.22. The summed E-state index contributed by atoms with van der Waals surface area (Å²) in [5.74, 6) is 0.375. The number of hydrogen-bond acceptors (Lipinski definition) is 3. The number of nitrogens with zero attached hydrogens (tertiary/aromatic N) is 1. The first-order valence-corrected chi connectivity index (χ1v) is 8.16. The van der Waals surface area contributed by atoms with Gasteiger partial charge in [-0.2, -0.15) is 0 Å². The molecule has 1 aromatic heterocycles. The molecule has 0 amide bonds. The fourth-order valence-corrected chi connectivity index (χ4v) is 3.08. The Hall–Kier alpha value is -1.95. The molecule has 0 aliphatic heterocycles. The highest BCUT2D eigenvalue weighted by molar-refractivity contribution is 6.31.